The van der Waals surface area contributed by atoms with Crippen molar-refractivity contribution in [3.8, 4) is 5.69 Å². The summed E-state index contributed by atoms with van der Waals surface area (Å²) >= 11 is 5.16. The summed E-state index contributed by atoms with van der Waals surface area (Å²) in [5, 5.41) is 9.17. The van der Waals surface area contributed by atoms with E-state index in [1.165, 1.54) is 30.3 Å². The van der Waals surface area contributed by atoms with Crippen LogP contribution in [0.5, 0.6) is 0 Å². The Kier molecular flexibility index (Phi) is 3.34. The van der Waals surface area contributed by atoms with Crippen molar-refractivity contribution in [1.29, 1.82) is 0 Å². The first-order valence-electron chi connectivity index (χ1n) is 6.26. The number of aromatic amines is 1. The monoisotopic (exact) mass is 316 g/mol. The van der Waals surface area contributed by atoms with E-state index in [1.807, 2.05) is 0 Å². The number of carbonyl (C=O) groups is 1. The van der Waals surface area contributed by atoms with Crippen LogP contribution < -0.4 is 5.56 Å². The maximum atomic E-state index is 13.4. The van der Waals surface area contributed by atoms with Gasteiger partial charge in [0.05, 0.1) is 22.2 Å². The van der Waals surface area contributed by atoms with Crippen molar-refractivity contribution in [3.63, 3.8) is 0 Å². The lowest BCUT2D eigenvalue weighted by Crippen LogP contribution is -2.21. The van der Waals surface area contributed by atoms with Crippen molar-refractivity contribution < 1.29 is 14.3 Å². The molecule has 0 amide bonds. The minimum atomic E-state index is -1.11. The molecule has 0 spiro atoms. The highest BCUT2D eigenvalue weighted by Gasteiger charge is 2.10. The van der Waals surface area contributed by atoms with E-state index in [-0.39, 0.29) is 15.7 Å². The molecule has 1 heterocycles. The Hall–Kier alpha value is -2.80. The third-order valence-corrected chi connectivity index (χ3v) is 3.50. The highest BCUT2D eigenvalue weighted by Crippen LogP contribution is 2.14. The van der Waals surface area contributed by atoms with Gasteiger partial charge in [0, 0.05) is 0 Å². The molecule has 1 aromatic heterocycles. The van der Waals surface area contributed by atoms with E-state index in [1.54, 1.807) is 6.07 Å². The normalized spacial score (nSPS) is 10.8. The predicted molar refractivity (Wildman–Crippen MR) is 81.6 cm³/mol. The standard InChI is InChI=1S/C15H9FN2O3S/c16-9-4-5-12-11(7-9)13(19)18(15(22)17-12)10-3-1-2-8(6-10)14(20)21/h1-7H,(H,17,22)(H,20,21). The first-order valence-corrected chi connectivity index (χ1v) is 6.66. The van der Waals surface area contributed by atoms with E-state index in [0.717, 1.165) is 10.6 Å². The number of hydrogen-bond acceptors (Lipinski definition) is 3. The molecule has 0 fully saturated rings. The lowest BCUT2D eigenvalue weighted by molar-refractivity contribution is 0.0697. The van der Waals surface area contributed by atoms with Crippen LogP contribution in [0, 0.1) is 10.6 Å². The molecular formula is C15H9FN2O3S. The molecule has 0 saturated heterocycles. The highest BCUT2D eigenvalue weighted by molar-refractivity contribution is 7.71. The van der Waals surface area contributed by atoms with E-state index in [2.05, 4.69) is 4.98 Å². The number of fused-ring (bicyclic) bond motifs is 1. The third kappa shape index (κ3) is 2.31. The van der Waals surface area contributed by atoms with E-state index in [4.69, 9.17) is 17.3 Å². The van der Waals surface area contributed by atoms with Gasteiger partial charge in [-0.2, -0.15) is 0 Å². The van der Waals surface area contributed by atoms with Crippen LogP contribution in [-0.4, -0.2) is 20.6 Å². The van der Waals surface area contributed by atoms with Gasteiger partial charge in [-0.25, -0.2) is 9.18 Å². The van der Waals surface area contributed by atoms with E-state index < -0.39 is 17.3 Å². The molecule has 5 nitrogen and oxygen atoms in total. The molecule has 7 heteroatoms. The number of nitrogens with zero attached hydrogens (tertiary/aromatic N) is 1. The highest BCUT2D eigenvalue weighted by atomic mass is 32.1. The molecule has 0 aliphatic rings. The average molecular weight is 316 g/mol. The second kappa shape index (κ2) is 5.19. The van der Waals surface area contributed by atoms with Crippen LogP contribution in [-0.2, 0) is 0 Å². The molecule has 0 bridgehead atoms. The molecule has 0 aliphatic carbocycles. The molecule has 0 saturated carbocycles. The second-order valence-corrected chi connectivity index (χ2v) is 5.00. The van der Waals surface area contributed by atoms with Gasteiger partial charge in [0.2, 0.25) is 0 Å². The van der Waals surface area contributed by atoms with Crippen LogP contribution >= 0.6 is 12.2 Å². The predicted octanol–water partition coefficient (Wildman–Crippen LogP) is 2.89. The Labute approximate surface area is 128 Å². The van der Waals surface area contributed by atoms with Crippen molar-refractivity contribution in [2.45, 2.75) is 0 Å². The molecule has 22 heavy (non-hydrogen) atoms. The zero-order chi connectivity index (χ0) is 15.9. The van der Waals surface area contributed by atoms with Gasteiger partial charge in [-0.1, -0.05) is 6.07 Å². The van der Waals surface area contributed by atoms with Crippen LogP contribution in [0.3, 0.4) is 0 Å². The Balaban J connectivity index is 2.36. The summed E-state index contributed by atoms with van der Waals surface area (Å²) in [5.74, 6) is -1.66. The molecular weight excluding hydrogens is 307 g/mol. The van der Waals surface area contributed by atoms with Crippen LogP contribution in [0.2, 0.25) is 0 Å². The summed E-state index contributed by atoms with van der Waals surface area (Å²) in [6, 6.07) is 9.57. The minimum Gasteiger partial charge on any atom is -0.478 e. The number of carboxylic acids is 1. The topological polar surface area (TPSA) is 75.1 Å². The van der Waals surface area contributed by atoms with Gasteiger partial charge >= 0.3 is 5.97 Å². The van der Waals surface area contributed by atoms with Crippen LogP contribution in [0.15, 0.2) is 47.3 Å². The van der Waals surface area contributed by atoms with Crippen molar-refractivity contribution >= 4 is 29.1 Å². The van der Waals surface area contributed by atoms with Crippen LogP contribution in [0.4, 0.5) is 4.39 Å². The number of H-pyrrole nitrogens is 1. The number of nitrogens with one attached hydrogen (secondary N) is 1. The van der Waals surface area contributed by atoms with Gasteiger partial charge in [0.1, 0.15) is 5.82 Å². The van der Waals surface area contributed by atoms with E-state index in [9.17, 15) is 14.0 Å². The fraction of sp³-hybridized carbons (Fsp3) is 0. The second-order valence-electron chi connectivity index (χ2n) is 4.62. The third-order valence-electron chi connectivity index (χ3n) is 3.21. The number of aromatic nitrogens is 2. The van der Waals surface area contributed by atoms with E-state index >= 15 is 0 Å². The van der Waals surface area contributed by atoms with Gasteiger partial charge in [0.25, 0.3) is 5.56 Å². The average Bonchev–Trinajstić information content (AvgIpc) is 2.48. The SMILES string of the molecule is O=C(O)c1cccc(-n2c(=S)[nH]c3ccc(F)cc3c2=O)c1. The molecule has 0 unspecified atom stereocenters. The maximum absolute atomic E-state index is 13.4. The van der Waals surface area contributed by atoms with Crippen LogP contribution in [0.25, 0.3) is 16.6 Å². The van der Waals surface area contributed by atoms with Crippen molar-refractivity contribution in [2.24, 2.45) is 0 Å². The first-order chi connectivity index (χ1) is 10.5. The molecule has 110 valence electrons. The molecule has 2 N–H and O–H groups in total. The summed E-state index contributed by atoms with van der Waals surface area (Å²) in [5.41, 5.74) is 0.235. The lowest BCUT2D eigenvalue weighted by atomic mass is 10.2. The first kappa shape index (κ1) is 14.2. The summed E-state index contributed by atoms with van der Waals surface area (Å²) in [6.07, 6.45) is 0. The quantitative estimate of drug-likeness (QED) is 0.713. The lowest BCUT2D eigenvalue weighted by Gasteiger charge is -2.09. The summed E-state index contributed by atoms with van der Waals surface area (Å²) < 4.78 is 14.6. The number of rotatable bonds is 2. The molecule has 0 radical (unpaired) electrons. The largest absolute Gasteiger partial charge is 0.478 e. The zero-order valence-electron chi connectivity index (χ0n) is 11.0. The van der Waals surface area contributed by atoms with E-state index in [0.29, 0.717) is 11.2 Å². The Morgan fingerprint density at radius 1 is 1.23 bits per heavy atom. The number of hydrogen-bond donors (Lipinski definition) is 2. The number of carboxylic acid groups (broad SMARTS) is 1. The van der Waals surface area contributed by atoms with Gasteiger partial charge in [-0.15, -0.1) is 0 Å². The Bertz CT molecular complexity index is 1020. The summed E-state index contributed by atoms with van der Waals surface area (Å²) in [4.78, 5) is 26.4. The fourth-order valence-corrected chi connectivity index (χ4v) is 2.50. The van der Waals surface area contributed by atoms with Gasteiger partial charge in [-0.05, 0) is 48.6 Å². The molecule has 3 aromatic rings. The van der Waals surface area contributed by atoms with Crippen molar-refractivity contribution in [2.75, 3.05) is 0 Å². The maximum Gasteiger partial charge on any atom is 0.335 e. The van der Waals surface area contributed by atoms with Gasteiger partial charge in [0.15, 0.2) is 4.77 Å². The zero-order valence-corrected chi connectivity index (χ0v) is 11.9. The summed E-state index contributed by atoms with van der Waals surface area (Å²) in [6.45, 7) is 0. The fourth-order valence-electron chi connectivity index (χ4n) is 2.20. The van der Waals surface area contributed by atoms with Gasteiger partial charge in [-0.3, -0.25) is 9.36 Å². The van der Waals surface area contributed by atoms with Crippen LogP contribution in [0.1, 0.15) is 10.4 Å². The van der Waals surface area contributed by atoms with Gasteiger partial charge < -0.3 is 10.1 Å². The number of halogens is 1. The summed E-state index contributed by atoms with van der Waals surface area (Å²) in [7, 11) is 0. The molecule has 2 aromatic carbocycles. The Morgan fingerprint density at radius 3 is 2.73 bits per heavy atom. The molecule has 3 rings (SSSR count). The van der Waals surface area contributed by atoms with Crippen molar-refractivity contribution in [3.05, 3.63) is 69.0 Å². The minimum absolute atomic E-state index is 0.0261. The number of benzene rings is 2. The number of aromatic carboxylic acids is 1. The Morgan fingerprint density at radius 2 is 2.00 bits per heavy atom. The molecule has 0 aliphatic heterocycles. The molecule has 0 atom stereocenters. The van der Waals surface area contributed by atoms with Crippen molar-refractivity contribution in [1.82, 2.24) is 9.55 Å². The smallest absolute Gasteiger partial charge is 0.335 e.